The third kappa shape index (κ3) is 2.89. The van der Waals surface area contributed by atoms with Gasteiger partial charge in [0.15, 0.2) is 11.7 Å². The lowest BCUT2D eigenvalue weighted by Crippen LogP contribution is -2.35. The summed E-state index contributed by atoms with van der Waals surface area (Å²) < 4.78 is 24.1. The van der Waals surface area contributed by atoms with E-state index in [9.17, 15) is 14.8 Å². The Hall–Kier alpha value is -1.66. The molecule has 0 unspecified atom stereocenters. The number of rotatable bonds is 4. The Morgan fingerprint density at radius 2 is 2.12 bits per heavy atom. The first-order valence-corrected chi connectivity index (χ1v) is 8.37. The van der Waals surface area contributed by atoms with Gasteiger partial charge in [-0.3, -0.25) is 14.5 Å². The Bertz CT molecular complexity index is 860. The fraction of sp³-hybridized carbons (Fsp3) is 0.545. The minimum atomic E-state index is -4.89. The van der Waals surface area contributed by atoms with Crippen molar-refractivity contribution >= 4 is 19.0 Å². The fourth-order valence-electron chi connectivity index (χ4n) is 2.70. The molecule has 0 spiro atoms. The van der Waals surface area contributed by atoms with Crippen molar-refractivity contribution in [3.05, 3.63) is 18.1 Å². The number of aliphatic hydroxyl groups excluding tert-OH is 2. The quantitative estimate of drug-likeness (QED) is 0.385. The molecule has 0 radical (unpaired) electrons. The number of nitrogens with zero attached hydrogens (tertiary/aromatic N) is 4. The maximum atomic E-state index is 11.1. The highest BCUT2D eigenvalue weighted by Crippen LogP contribution is 2.44. The van der Waals surface area contributed by atoms with Crippen LogP contribution in [0.1, 0.15) is 6.23 Å². The van der Waals surface area contributed by atoms with Gasteiger partial charge in [-0.15, -0.1) is 0 Å². The minimum absolute atomic E-state index is 0.0731. The maximum absolute atomic E-state index is 11.1. The van der Waals surface area contributed by atoms with Gasteiger partial charge in [-0.05, 0) is 0 Å². The number of aromatic nitrogens is 4. The number of aryl methyl sites for hydroxylation is 1. The third-order valence-electron chi connectivity index (χ3n) is 3.71. The van der Waals surface area contributed by atoms with E-state index >= 15 is 0 Å². The van der Waals surface area contributed by atoms with Crippen LogP contribution in [-0.2, 0) is 20.9 Å². The summed E-state index contributed by atoms with van der Waals surface area (Å²) in [6.45, 7) is -0.609. The van der Waals surface area contributed by atoms with Crippen LogP contribution in [0, 0.1) is 5.41 Å². The molecule has 0 amide bonds. The van der Waals surface area contributed by atoms with Crippen LogP contribution in [0.25, 0.3) is 11.2 Å². The second-order valence-corrected chi connectivity index (χ2v) is 6.52. The van der Waals surface area contributed by atoms with Gasteiger partial charge in [0.2, 0.25) is 0 Å². The van der Waals surface area contributed by atoms with Crippen molar-refractivity contribution in [1.82, 2.24) is 19.1 Å². The first kappa shape index (κ1) is 17.2. The summed E-state index contributed by atoms with van der Waals surface area (Å²) in [6, 6.07) is 0. The van der Waals surface area contributed by atoms with Gasteiger partial charge in [-0.25, -0.2) is 14.5 Å². The molecule has 2 aromatic rings. The number of ether oxygens (including phenoxy) is 1. The number of nitrogens with one attached hydrogen (secondary N) is 1. The standard InChI is InChI=1S/C11H16N5O7P/c1-15-3-14-9(12)6-10(15)16(4-13-6)11-7(18)8(5(2-17)22-11)23-24(19,20)21/h3-5,7-8,11-12,17-18H,2H2,1H3,(H2,19,20,21)/t5-,7-,8-,11-/m1/s1. The number of fused-ring (bicyclic) bond motifs is 1. The summed E-state index contributed by atoms with van der Waals surface area (Å²) >= 11 is 0. The smallest absolute Gasteiger partial charge is 0.394 e. The first-order chi connectivity index (χ1) is 11.2. The van der Waals surface area contributed by atoms with Gasteiger partial charge in [0.25, 0.3) is 0 Å². The molecule has 1 aliphatic heterocycles. The van der Waals surface area contributed by atoms with E-state index in [1.54, 1.807) is 11.6 Å². The van der Waals surface area contributed by atoms with Crippen LogP contribution < -0.4 is 5.49 Å². The predicted molar refractivity (Wildman–Crippen MR) is 76.3 cm³/mol. The summed E-state index contributed by atoms with van der Waals surface area (Å²) in [5.74, 6) is 0. The van der Waals surface area contributed by atoms with Gasteiger partial charge < -0.3 is 29.3 Å². The molecule has 3 rings (SSSR count). The molecule has 1 saturated heterocycles. The summed E-state index contributed by atoms with van der Waals surface area (Å²) in [6.07, 6.45) is -2.46. The molecule has 3 heterocycles. The van der Waals surface area contributed by atoms with Crippen molar-refractivity contribution in [3.8, 4) is 0 Å². The molecule has 1 fully saturated rings. The molecule has 24 heavy (non-hydrogen) atoms. The Morgan fingerprint density at radius 1 is 1.42 bits per heavy atom. The van der Waals surface area contributed by atoms with E-state index in [1.807, 2.05) is 0 Å². The zero-order chi connectivity index (χ0) is 17.6. The highest BCUT2D eigenvalue weighted by molar-refractivity contribution is 7.46. The fourth-order valence-corrected chi connectivity index (χ4v) is 3.28. The Kier molecular flexibility index (Phi) is 4.30. The summed E-state index contributed by atoms with van der Waals surface area (Å²) in [4.78, 5) is 25.8. The number of hydrogen-bond donors (Lipinski definition) is 5. The predicted octanol–water partition coefficient (Wildman–Crippen LogP) is -2.02. The molecule has 0 saturated carbocycles. The lowest BCUT2D eigenvalue weighted by molar-refractivity contribution is -0.0511. The van der Waals surface area contributed by atoms with E-state index in [4.69, 9.17) is 19.9 Å². The van der Waals surface area contributed by atoms with Crippen LogP contribution in [-0.4, -0.2) is 64.0 Å². The van der Waals surface area contributed by atoms with Gasteiger partial charge >= 0.3 is 7.82 Å². The van der Waals surface area contributed by atoms with Crippen molar-refractivity contribution in [1.29, 1.82) is 5.41 Å². The van der Waals surface area contributed by atoms with Crippen LogP contribution in [0.2, 0.25) is 0 Å². The van der Waals surface area contributed by atoms with Crippen LogP contribution in [0.15, 0.2) is 12.7 Å². The highest BCUT2D eigenvalue weighted by Gasteiger charge is 2.48. The normalized spacial score (nSPS) is 27.9. The lowest BCUT2D eigenvalue weighted by atomic mass is 10.1. The topological polar surface area (TPSA) is 176 Å². The number of imidazole rings is 1. The second kappa shape index (κ2) is 6.01. The lowest BCUT2D eigenvalue weighted by Gasteiger charge is -2.20. The number of aliphatic hydroxyl groups is 2. The molecule has 13 heteroatoms. The average molecular weight is 361 g/mol. The minimum Gasteiger partial charge on any atom is -0.394 e. The van der Waals surface area contributed by atoms with E-state index in [0.29, 0.717) is 5.65 Å². The third-order valence-corrected chi connectivity index (χ3v) is 4.23. The van der Waals surface area contributed by atoms with E-state index in [2.05, 4.69) is 14.5 Å². The Morgan fingerprint density at radius 3 is 2.75 bits per heavy atom. The van der Waals surface area contributed by atoms with Crippen LogP contribution >= 0.6 is 7.82 Å². The highest BCUT2D eigenvalue weighted by atomic mass is 31.2. The Labute approximate surface area is 134 Å². The maximum Gasteiger partial charge on any atom is 0.470 e. The van der Waals surface area contributed by atoms with Crippen molar-refractivity contribution in [3.63, 3.8) is 0 Å². The number of hydrogen-bond acceptors (Lipinski definition) is 8. The number of phosphoric acid groups is 1. The van der Waals surface area contributed by atoms with E-state index in [0.717, 1.165) is 0 Å². The van der Waals surface area contributed by atoms with Crippen LogP contribution in [0.3, 0.4) is 0 Å². The summed E-state index contributed by atoms with van der Waals surface area (Å²) in [5.41, 5.74) is 0.597. The molecule has 0 aromatic carbocycles. The van der Waals surface area contributed by atoms with Crippen molar-refractivity contribution in [2.24, 2.45) is 7.05 Å². The van der Waals surface area contributed by atoms with Gasteiger partial charge in [0, 0.05) is 7.05 Å². The zero-order valence-electron chi connectivity index (χ0n) is 12.4. The molecular formula is C11H16N5O7P. The van der Waals surface area contributed by atoms with E-state index in [1.165, 1.54) is 17.2 Å². The van der Waals surface area contributed by atoms with Crippen LogP contribution in [0.4, 0.5) is 0 Å². The number of phosphoric ester groups is 1. The molecule has 5 N–H and O–H groups in total. The second-order valence-electron chi connectivity index (χ2n) is 5.33. The van der Waals surface area contributed by atoms with Crippen molar-refractivity contribution in [2.75, 3.05) is 6.61 Å². The molecule has 0 bridgehead atoms. The zero-order valence-corrected chi connectivity index (χ0v) is 13.3. The van der Waals surface area contributed by atoms with Gasteiger partial charge in [-0.2, -0.15) is 0 Å². The molecular weight excluding hydrogens is 345 g/mol. The van der Waals surface area contributed by atoms with E-state index < -0.39 is 39.0 Å². The SMILES string of the molecule is Cn1cnc(=N)c2ncn([C@@H]3O[C@H](CO)[C@@H](OP(=O)(O)O)[C@H]3O)c21. The molecule has 1 aliphatic rings. The van der Waals surface area contributed by atoms with Crippen LogP contribution in [0.5, 0.6) is 0 Å². The largest absolute Gasteiger partial charge is 0.470 e. The monoisotopic (exact) mass is 361 g/mol. The summed E-state index contributed by atoms with van der Waals surface area (Å²) in [7, 11) is -3.24. The average Bonchev–Trinajstić information content (AvgIpc) is 3.05. The Balaban J connectivity index is 2.03. The van der Waals surface area contributed by atoms with Gasteiger partial charge in [0.05, 0.1) is 19.3 Å². The van der Waals surface area contributed by atoms with Gasteiger partial charge in [0.1, 0.15) is 29.5 Å². The molecule has 2 aromatic heterocycles. The van der Waals surface area contributed by atoms with Crippen molar-refractivity contribution < 1.29 is 33.8 Å². The van der Waals surface area contributed by atoms with Crippen molar-refractivity contribution in [2.45, 2.75) is 24.5 Å². The summed E-state index contributed by atoms with van der Waals surface area (Å²) in [5, 5.41) is 27.5. The van der Waals surface area contributed by atoms with Gasteiger partial charge in [-0.1, -0.05) is 0 Å². The molecule has 12 nitrogen and oxygen atoms in total. The molecule has 4 atom stereocenters. The molecule has 132 valence electrons. The molecule has 0 aliphatic carbocycles. The first-order valence-electron chi connectivity index (χ1n) is 6.84. The van der Waals surface area contributed by atoms with E-state index in [-0.39, 0.29) is 11.0 Å².